The number of hydrogen-bond acceptors (Lipinski definition) is 5. The smallest absolute Gasteiger partial charge is 0.313 e. The van der Waals surface area contributed by atoms with Crippen LogP contribution in [0.2, 0.25) is 0 Å². The van der Waals surface area contributed by atoms with Gasteiger partial charge in [-0.15, -0.1) is 0 Å². The van der Waals surface area contributed by atoms with Crippen molar-refractivity contribution in [3.63, 3.8) is 0 Å². The third-order valence-electron chi connectivity index (χ3n) is 3.31. The van der Waals surface area contributed by atoms with Crippen LogP contribution in [0.15, 0.2) is 41.6 Å². The first kappa shape index (κ1) is 15.4. The summed E-state index contributed by atoms with van der Waals surface area (Å²) in [6.07, 6.45) is 1.74. The molecule has 3 rings (SSSR count). The van der Waals surface area contributed by atoms with E-state index < -0.39 is 5.97 Å². The summed E-state index contributed by atoms with van der Waals surface area (Å²) in [6.45, 7) is 1.88. The van der Waals surface area contributed by atoms with E-state index in [4.69, 9.17) is 9.84 Å². The van der Waals surface area contributed by atoms with Crippen LogP contribution in [0, 0.1) is 6.92 Å². The maximum Gasteiger partial charge on any atom is 0.313 e. The molecule has 0 saturated carbocycles. The van der Waals surface area contributed by atoms with Gasteiger partial charge in [-0.2, -0.15) is 5.10 Å². The van der Waals surface area contributed by atoms with E-state index in [0.29, 0.717) is 5.65 Å². The summed E-state index contributed by atoms with van der Waals surface area (Å²) in [5, 5.41) is 14.0. The molecule has 0 fully saturated rings. The molecule has 0 spiro atoms. The largest absolute Gasteiger partial charge is 0.497 e. The number of aryl methyl sites for hydroxylation is 1. The average molecular weight is 329 g/mol. The Morgan fingerprint density at radius 2 is 2.09 bits per heavy atom. The lowest BCUT2D eigenvalue weighted by Crippen LogP contribution is -2.02. The van der Waals surface area contributed by atoms with Gasteiger partial charge in [0.15, 0.2) is 5.65 Å². The predicted molar refractivity (Wildman–Crippen MR) is 88.1 cm³/mol. The SMILES string of the molecule is COc1ccc(-c2cnn3c(SCC(=O)O)cc(C)nc23)cc1. The molecule has 0 unspecified atom stereocenters. The molecule has 1 N–H and O–H groups in total. The van der Waals surface area contributed by atoms with Gasteiger partial charge in [-0.05, 0) is 30.7 Å². The van der Waals surface area contributed by atoms with Crippen LogP contribution < -0.4 is 4.74 Å². The average Bonchev–Trinajstić information content (AvgIpc) is 2.96. The minimum absolute atomic E-state index is 0.0176. The normalized spacial score (nSPS) is 10.9. The molecule has 0 aliphatic rings. The molecule has 7 heteroatoms. The van der Waals surface area contributed by atoms with E-state index in [-0.39, 0.29) is 5.75 Å². The van der Waals surface area contributed by atoms with Crippen LogP contribution in [-0.4, -0.2) is 38.5 Å². The van der Waals surface area contributed by atoms with E-state index in [1.165, 1.54) is 11.8 Å². The van der Waals surface area contributed by atoms with Crippen molar-refractivity contribution in [1.82, 2.24) is 14.6 Å². The molecular formula is C16H15N3O3S. The molecule has 2 heterocycles. The van der Waals surface area contributed by atoms with Gasteiger partial charge >= 0.3 is 5.97 Å². The molecule has 23 heavy (non-hydrogen) atoms. The Morgan fingerprint density at radius 3 is 2.74 bits per heavy atom. The maximum absolute atomic E-state index is 10.8. The second kappa shape index (κ2) is 6.29. The van der Waals surface area contributed by atoms with Crippen LogP contribution in [-0.2, 0) is 4.79 Å². The number of carboxylic acid groups (broad SMARTS) is 1. The molecule has 1 aromatic carbocycles. The minimum atomic E-state index is -0.861. The van der Waals surface area contributed by atoms with E-state index in [2.05, 4.69) is 10.1 Å². The molecule has 0 aliphatic heterocycles. The van der Waals surface area contributed by atoms with Gasteiger partial charge in [0.05, 0.1) is 19.1 Å². The van der Waals surface area contributed by atoms with E-state index in [9.17, 15) is 4.79 Å². The topological polar surface area (TPSA) is 76.7 Å². The van der Waals surface area contributed by atoms with Crippen LogP contribution in [0.5, 0.6) is 5.75 Å². The standard InChI is InChI=1S/C16H15N3O3S/c1-10-7-14(23-9-15(20)21)19-16(18-10)13(8-17-19)11-3-5-12(22-2)6-4-11/h3-8H,9H2,1-2H3,(H,20,21). The van der Waals surface area contributed by atoms with E-state index in [0.717, 1.165) is 27.6 Å². The highest BCUT2D eigenvalue weighted by molar-refractivity contribution is 7.99. The highest BCUT2D eigenvalue weighted by Gasteiger charge is 2.13. The zero-order valence-electron chi connectivity index (χ0n) is 12.7. The Morgan fingerprint density at radius 1 is 1.35 bits per heavy atom. The van der Waals surface area contributed by atoms with Crippen LogP contribution in [0.1, 0.15) is 5.69 Å². The summed E-state index contributed by atoms with van der Waals surface area (Å²) >= 11 is 1.23. The van der Waals surface area contributed by atoms with Gasteiger partial charge in [-0.1, -0.05) is 23.9 Å². The maximum atomic E-state index is 10.8. The molecule has 2 aromatic heterocycles. The number of fused-ring (bicyclic) bond motifs is 1. The zero-order chi connectivity index (χ0) is 16.4. The van der Waals surface area contributed by atoms with Gasteiger partial charge in [-0.3, -0.25) is 4.79 Å². The van der Waals surface area contributed by atoms with Crippen LogP contribution in [0.3, 0.4) is 0 Å². The van der Waals surface area contributed by atoms with E-state index >= 15 is 0 Å². The Hall–Kier alpha value is -2.54. The number of carboxylic acids is 1. The highest BCUT2D eigenvalue weighted by atomic mass is 32.2. The van der Waals surface area contributed by atoms with Crippen LogP contribution >= 0.6 is 11.8 Å². The molecule has 0 amide bonds. The molecule has 3 aromatic rings. The van der Waals surface area contributed by atoms with Gasteiger partial charge < -0.3 is 9.84 Å². The molecule has 0 aliphatic carbocycles. The summed E-state index contributed by atoms with van der Waals surface area (Å²) < 4.78 is 6.85. The number of aliphatic carboxylic acids is 1. The summed E-state index contributed by atoms with van der Waals surface area (Å²) in [6, 6.07) is 9.50. The predicted octanol–water partition coefficient (Wildman–Crippen LogP) is 2.89. The van der Waals surface area contributed by atoms with Gasteiger partial charge in [-0.25, -0.2) is 9.50 Å². The number of benzene rings is 1. The summed E-state index contributed by atoms with van der Waals surface area (Å²) in [7, 11) is 1.63. The highest BCUT2D eigenvalue weighted by Crippen LogP contribution is 2.28. The second-order valence-corrected chi connectivity index (χ2v) is 5.94. The van der Waals surface area contributed by atoms with Crippen molar-refractivity contribution in [2.45, 2.75) is 11.9 Å². The number of hydrogen-bond donors (Lipinski definition) is 1. The third kappa shape index (κ3) is 3.14. The van der Waals surface area contributed by atoms with Crippen LogP contribution in [0.25, 0.3) is 16.8 Å². The molecule has 6 nitrogen and oxygen atoms in total. The van der Waals surface area contributed by atoms with Crippen molar-refractivity contribution in [3.8, 4) is 16.9 Å². The quantitative estimate of drug-likeness (QED) is 0.573. The van der Waals surface area contributed by atoms with Crippen molar-refractivity contribution < 1.29 is 14.6 Å². The number of methoxy groups -OCH3 is 1. The Kier molecular flexibility index (Phi) is 4.20. The van der Waals surface area contributed by atoms with Crippen molar-refractivity contribution in [1.29, 1.82) is 0 Å². The Bertz CT molecular complexity index is 859. The van der Waals surface area contributed by atoms with Crippen molar-refractivity contribution in [2.75, 3.05) is 12.9 Å². The Labute approximate surface area is 137 Å². The van der Waals surface area contributed by atoms with Gasteiger partial charge in [0.2, 0.25) is 0 Å². The number of aromatic nitrogens is 3. The lowest BCUT2D eigenvalue weighted by Gasteiger charge is -2.06. The van der Waals surface area contributed by atoms with Crippen LogP contribution in [0.4, 0.5) is 0 Å². The second-order valence-electron chi connectivity index (χ2n) is 4.94. The first-order valence-electron chi connectivity index (χ1n) is 6.93. The molecule has 0 radical (unpaired) electrons. The van der Waals surface area contributed by atoms with E-state index in [1.54, 1.807) is 17.8 Å². The molecule has 0 saturated heterocycles. The van der Waals surface area contributed by atoms with Gasteiger partial charge in [0.1, 0.15) is 10.8 Å². The fourth-order valence-corrected chi connectivity index (χ4v) is 3.04. The molecule has 118 valence electrons. The van der Waals surface area contributed by atoms with Gasteiger partial charge in [0, 0.05) is 11.3 Å². The lowest BCUT2D eigenvalue weighted by molar-refractivity contribution is -0.133. The number of carbonyl (C=O) groups is 1. The number of ether oxygens (including phenoxy) is 1. The fraction of sp³-hybridized carbons (Fsp3) is 0.188. The summed E-state index contributed by atoms with van der Waals surface area (Å²) in [4.78, 5) is 15.4. The minimum Gasteiger partial charge on any atom is -0.497 e. The fourth-order valence-electron chi connectivity index (χ4n) is 2.26. The zero-order valence-corrected chi connectivity index (χ0v) is 13.5. The number of rotatable bonds is 5. The Balaban J connectivity index is 2.06. The van der Waals surface area contributed by atoms with Gasteiger partial charge in [0.25, 0.3) is 0 Å². The number of nitrogens with zero attached hydrogens (tertiary/aromatic N) is 3. The summed E-state index contributed by atoms with van der Waals surface area (Å²) in [5.74, 6) is -0.0942. The lowest BCUT2D eigenvalue weighted by atomic mass is 10.1. The van der Waals surface area contributed by atoms with Crippen molar-refractivity contribution in [2.24, 2.45) is 0 Å². The first-order chi connectivity index (χ1) is 11.1. The third-order valence-corrected chi connectivity index (χ3v) is 4.29. The number of thioether (sulfide) groups is 1. The molecular weight excluding hydrogens is 314 g/mol. The van der Waals surface area contributed by atoms with Crippen molar-refractivity contribution in [3.05, 3.63) is 42.2 Å². The molecule has 0 bridgehead atoms. The first-order valence-corrected chi connectivity index (χ1v) is 7.91. The summed E-state index contributed by atoms with van der Waals surface area (Å²) in [5.41, 5.74) is 3.41. The monoisotopic (exact) mass is 329 g/mol. The van der Waals surface area contributed by atoms with E-state index in [1.807, 2.05) is 37.3 Å². The molecule has 0 atom stereocenters. The van der Waals surface area contributed by atoms with Crippen molar-refractivity contribution >= 4 is 23.4 Å².